The molecule has 1 aromatic carbocycles. The Labute approximate surface area is 87.1 Å². The van der Waals surface area contributed by atoms with Crippen LogP contribution in [0.3, 0.4) is 0 Å². The number of para-hydroxylation sites is 1. The molecule has 0 saturated heterocycles. The lowest BCUT2D eigenvalue weighted by Crippen LogP contribution is -2.39. The van der Waals surface area contributed by atoms with Crippen molar-refractivity contribution in [1.29, 1.82) is 0 Å². The van der Waals surface area contributed by atoms with Crippen LogP contribution < -0.4 is 4.90 Å². The van der Waals surface area contributed by atoms with E-state index >= 15 is 0 Å². The van der Waals surface area contributed by atoms with Crippen molar-refractivity contribution in [3.05, 3.63) is 42.6 Å². The molecule has 0 heterocycles. The van der Waals surface area contributed by atoms with E-state index in [0.717, 1.165) is 5.70 Å². The minimum Gasteiger partial charge on any atom is -0.341 e. The highest BCUT2D eigenvalue weighted by molar-refractivity contribution is 5.53. The smallest absolute Gasteiger partial charge is 0.0412 e. The summed E-state index contributed by atoms with van der Waals surface area (Å²) in [6.07, 6.45) is 0. The lowest BCUT2D eigenvalue weighted by molar-refractivity contribution is 0.542. The topological polar surface area (TPSA) is 3.24 Å². The molecule has 1 aromatic rings. The molecule has 0 radical (unpaired) electrons. The van der Waals surface area contributed by atoms with Crippen molar-refractivity contribution < 1.29 is 0 Å². The molecule has 0 N–H and O–H groups in total. The number of nitrogens with zero attached hydrogens (tertiary/aromatic N) is 1. The highest BCUT2D eigenvalue weighted by Crippen LogP contribution is 2.26. The van der Waals surface area contributed by atoms with Crippen LogP contribution in [-0.4, -0.2) is 5.54 Å². The van der Waals surface area contributed by atoms with Gasteiger partial charge in [-0.3, -0.25) is 0 Å². The van der Waals surface area contributed by atoms with Gasteiger partial charge in [0.25, 0.3) is 0 Å². The van der Waals surface area contributed by atoms with E-state index in [1.807, 2.05) is 13.0 Å². The highest BCUT2D eigenvalue weighted by Gasteiger charge is 2.21. The fourth-order valence-corrected chi connectivity index (χ4v) is 1.76. The Morgan fingerprint density at radius 2 is 1.64 bits per heavy atom. The van der Waals surface area contributed by atoms with Gasteiger partial charge in [-0.05, 0) is 39.8 Å². The van der Waals surface area contributed by atoms with E-state index in [4.69, 9.17) is 0 Å². The molecular weight excluding hydrogens is 170 g/mol. The van der Waals surface area contributed by atoms with Crippen LogP contribution in [0.15, 0.2) is 42.6 Å². The van der Waals surface area contributed by atoms with Gasteiger partial charge in [-0.25, -0.2) is 0 Å². The van der Waals surface area contributed by atoms with Crippen molar-refractivity contribution in [2.45, 2.75) is 33.2 Å². The standard InChI is InChI=1S/C13H19N/c1-11(2)14(13(3,4)5)12-9-7-6-8-10-12/h6-10H,1H2,2-5H3. The molecule has 14 heavy (non-hydrogen) atoms. The minimum absolute atomic E-state index is 0.0766. The van der Waals surface area contributed by atoms with Crippen LogP contribution in [0, 0.1) is 0 Å². The van der Waals surface area contributed by atoms with Gasteiger partial charge in [-0.2, -0.15) is 0 Å². The maximum atomic E-state index is 4.02. The summed E-state index contributed by atoms with van der Waals surface area (Å²) in [4.78, 5) is 2.24. The van der Waals surface area contributed by atoms with Crippen molar-refractivity contribution in [1.82, 2.24) is 0 Å². The quantitative estimate of drug-likeness (QED) is 0.683. The molecule has 1 nitrogen and oxygen atoms in total. The molecule has 0 unspecified atom stereocenters. The Morgan fingerprint density at radius 3 is 2.00 bits per heavy atom. The summed E-state index contributed by atoms with van der Waals surface area (Å²) in [6, 6.07) is 10.4. The second-order valence-corrected chi connectivity index (χ2v) is 4.58. The van der Waals surface area contributed by atoms with Gasteiger partial charge in [0, 0.05) is 16.9 Å². The van der Waals surface area contributed by atoms with Gasteiger partial charge in [-0.1, -0.05) is 24.8 Å². The van der Waals surface area contributed by atoms with E-state index in [1.165, 1.54) is 5.69 Å². The zero-order valence-electron chi connectivity index (χ0n) is 9.54. The third-order valence-electron chi connectivity index (χ3n) is 2.07. The van der Waals surface area contributed by atoms with Gasteiger partial charge in [0.1, 0.15) is 0 Å². The van der Waals surface area contributed by atoms with Gasteiger partial charge in [0.15, 0.2) is 0 Å². The number of allylic oxidation sites excluding steroid dienone is 1. The lowest BCUT2D eigenvalue weighted by atomic mass is 10.0. The normalized spacial score (nSPS) is 11.1. The van der Waals surface area contributed by atoms with Crippen LogP contribution in [0.4, 0.5) is 5.69 Å². The van der Waals surface area contributed by atoms with Crippen molar-refractivity contribution in [3.8, 4) is 0 Å². The van der Waals surface area contributed by atoms with Gasteiger partial charge in [0.2, 0.25) is 0 Å². The van der Waals surface area contributed by atoms with E-state index in [1.54, 1.807) is 0 Å². The van der Waals surface area contributed by atoms with Gasteiger partial charge in [0.05, 0.1) is 0 Å². The highest BCUT2D eigenvalue weighted by atomic mass is 15.2. The Hall–Kier alpha value is -1.24. The fraction of sp³-hybridized carbons (Fsp3) is 0.385. The number of hydrogen-bond acceptors (Lipinski definition) is 1. The van der Waals surface area contributed by atoms with Crippen molar-refractivity contribution in [2.24, 2.45) is 0 Å². The first-order valence-electron chi connectivity index (χ1n) is 4.94. The van der Waals surface area contributed by atoms with Crippen LogP contribution in [0.1, 0.15) is 27.7 Å². The molecule has 1 heteroatoms. The Kier molecular flexibility index (Phi) is 3.00. The van der Waals surface area contributed by atoms with Gasteiger partial charge < -0.3 is 4.90 Å². The van der Waals surface area contributed by atoms with Gasteiger partial charge in [-0.15, -0.1) is 0 Å². The molecule has 0 amide bonds. The summed E-state index contributed by atoms with van der Waals surface area (Å²) in [7, 11) is 0. The van der Waals surface area contributed by atoms with Crippen molar-refractivity contribution in [2.75, 3.05) is 4.90 Å². The zero-order chi connectivity index (χ0) is 10.8. The molecule has 0 aromatic heterocycles. The predicted molar refractivity (Wildman–Crippen MR) is 63.5 cm³/mol. The molecule has 0 spiro atoms. The SMILES string of the molecule is C=C(C)N(c1ccccc1)C(C)(C)C. The first kappa shape index (κ1) is 10.8. The first-order valence-corrected chi connectivity index (χ1v) is 4.94. The summed E-state index contributed by atoms with van der Waals surface area (Å²) in [5.74, 6) is 0. The third kappa shape index (κ3) is 2.38. The molecule has 0 aliphatic rings. The maximum Gasteiger partial charge on any atom is 0.0412 e. The Morgan fingerprint density at radius 1 is 1.14 bits per heavy atom. The molecule has 0 saturated carbocycles. The number of anilines is 1. The number of rotatable bonds is 2. The second-order valence-electron chi connectivity index (χ2n) is 4.58. The number of hydrogen-bond donors (Lipinski definition) is 0. The van der Waals surface area contributed by atoms with Crippen LogP contribution in [0.2, 0.25) is 0 Å². The third-order valence-corrected chi connectivity index (χ3v) is 2.07. The minimum atomic E-state index is 0.0766. The second kappa shape index (κ2) is 3.87. The van der Waals surface area contributed by atoms with Crippen LogP contribution in [-0.2, 0) is 0 Å². The Bertz CT molecular complexity index is 306. The molecule has 0 aliphatic carbocycles. The number of benzene rings is 1. The van der Waals surface area contributed by atoms with Gasteiger partial charge >= 0.3 is 0 Å². The molecule has 0 atom stereocenters. The monoisotopic (exact) mass is 189 g/mol. The summed E-state index contributed by atoms with van der Waals surface area (Å²) >= 11 is 0. The van der Waals surface area contributed by atoms with Crippen molar-refractivity contribution in [3.63, 3.8) is 0 Å². The van der Waals surface area contributed by atoms with Crippen LogP contribution in [0.25, 0.3) is 0 Å². The van der Waals surface area contributed by atoms with E-state index in [2.05, 4.69) is 56.5 Å². The summed E-state index contributed by atoms with van der Waals surface area (Å²) in [5, 5.41) is 0. The van der Waals surface area contributed by atoms with Crippen LogP contribution in [0.5, 0.6) is 0 Å². The molecule has 0 bridgehead atoms. The largest absolute Gasteiger partial charge is 0.341 e. The summed E-state index contributed by atoms with van der Waals surface area (Å²) in [5.41, 5.74) is 2.35. The maximum absolute atomic E-state index is 4.02. The molecular formula is C13H19N. The molecule has 1 rings (SSSR count). The average molecular weight is 189 g/mol. The molecule has 76 valence electrons. The van der Waals surface area contributed by atoms with E-state index in [-0.39, 0.29) is 5.54 Å². The van der Waals surface area contributed by atoms with E-state index < -0.39 is 0 Å². The fourth-order valence-electron chi connectivity index (χ4n) is 1.76. The Balaban J connectivity index is 3.08. The van der Waals surface area contributed by atoms with Crippen LogP contribution >= 0.6 is 0 Å². The average Bonchev–Trinajstić information content (AvgIpc) is 2.02. The zero-order valence-corrected chi connectivity index (χ0v) is 9.54. The first-order chi connectivity index (χ1) is 6.43. The molecule has 0 aliphatic heterocycles. The predicted octanol–water partition coefficient (Wildman–Crippen LogP) is 3.83. The summed E-state index contributed by atoms with van der Waals surface area (Å²) < 4.78 is 0. The lowest BCUT2D eigenvalue weighted by Gasteiger charge is -2.38. The van der Waals surface area contributed by atoms with E-state index in [0.29, 0.717) is 0 Å². The van der Waals surface area contributed by atoms with Crippen molar-refractivity contribution >= 4 is 5.69 Å². The van der Waals surface area contributed by atoms with E-state index in [9.17, 15) is 0 Å². The summed E-state index contributed by atoms with van der Waals surface area (Å²) in [6.45, 7) is 12.6. The molecule has 0 fully saturated rings.